The van der Waals surface area contributed by atoms with Crippen molar-refractivity contribution in [3.63, 3.8) is 0 Å². The van der Waals surface area contributed by atoms with Crippen LogP contribution in [0.4, 0.5) is 0 Å². The molecule has 1 nitrogen and oxygen atoms in total. The second-order valence-electron chi connectivity index (χ2n) is 1.45. The molecule has 1 fully saturated rings. The molecule has 1 aliphatic rings. The van der Waals surface area contributed by atoms with E-state index in [0.717, 1.165) is 16.4 Å². The van der Waals surface area contributed by atoms with E-state index in [1.807, 2.05) is 0 Å². The molecule has 0 atom stereocenters. The fraction of sp³-hybridized carbons (Fsp3) is 1.00. The van der Waals surface area contributed by atoms with Gasteiger partial charge in [-0.25, -0.2) is 0 Å². The van der Waals surface area contributed by atoms with E-state index in [-0.39, 0.29) is 21.1 Å². The Labute approximate surface area is 61.0 Å². The Morgan fingerprint density at radius 2 is 2.14 bits per heavy atom. The van der Waals surface area contributed by atoms with Crippen LogP contribution in [0.25, 0.3) is 0 Å². The van der Waals surface area contributed by atoms with Crippen LogP contribution >= 0.6 is 0 Å². The zero-order valence-corrected chi connectivity index (χ0v) is 7.33. The summed E-state index contributed by atoms with van der Waals surface area (Å²) in [7, 11) is 0.802. The maximum Gasteiger partial charge on any atom is 2.00 e. The number of hydrogen-bond acceptors (Lipinski definition) is 1. The zero-order valence-electron chi connectivity index (χ0n) is 4.05. The van der Waals surface area contributed by atoms with Crippen LogP contribution in [0.3, 0.4) is 0 Å². The van der Waals surface area contributed by atoms with Crippen LogP contribution in [0.1, 0.15) is 12.8 Å². The number of rotatable bonds is 0. The van der Waals surface area contributed by atoms with Gasteiger partial charge in [0, 0.05) is 6.61 Å². The Bertz CT molecular complexity index is 27.2. The minimum Gasteiger partial charge on any atom is -0.417 e. The minimum atomic E-state index is 0. The third-order valence-corrected chi connectivity index (χ3v) is 1.84. The van der Waals surface area contributed by atoms with Gasteiger partial charge >= 0.3 is 21.1 Å². The summed E-state index contributed by atoms with van der Waals surface area (Å²) in [5, 5.41) is 0. The molecule has 0 saturated carbocycles. The number of hydrogen-bond donors (Lipinski definition) is 0. The maximum atomic E-state index is 5.10. The van der Waals surface area contributed by atoms with Crippen LogP contribution in [0.2, 0.25) is 6.04 Å². The first-order valence-corrected chi connectivity index (χ1v) is 3.46. The van der Waals surface area contributed by atoms with Crippen LogP contribution in [-0.4, -0.2) is 16.4 Å². The van der Waals surface area contributed by atoms with Crippen molar-refractivity contribution in [3.8, 4) is 0 Å². The molecule has 0 aromatic rings. The molecular weight excluding hydrogens is 287 g/mol. The average molecular weight is 295 g/mol. The van der Waals surface area contributed by atoms with E-state index in [4.69, 9.17) is 4.43 Å². The summed E-state index contributed by atoms with van der Waals surface area (Å²) in [5.74, 6) is 0. The van der Waals surface area contributed by atoms with Crippen LogP contribution < -0.4 is 0 Å². The molecule has 0 aliphatic carbocycles. The Hall–Kier alpha value is 0.865. The Morgan fingerprint density at radius 1 is 1.29 bits per heavy atom. The molecule has 0 aromatic carbocycles. The van der Waals surface area contributed by atoms with Crippen molar-refractivity contribution in [2.45, 2.75) is 18.9 Å². The molecule has 7 heavy (non-hydrogen) atoms. The summed E-state index contributed by atoms with van der Waals surface area (Å²) in [4.78, 5) is 0. The molecule has 2 radical (unpaired) electrons. The Balaban J connectivity index is 0.000000360. The molecule has 0 aromatic heterocycles. The van der Waals surface area contributed by atoms with Gasteiger partial charge in [0.05, 0.1) is 0 Å². The topological polar surface area (TPSA) is 9.23 Å². The zero-order chi connectivity index (χ0) is 4.24. The summed E-state index contributed by atoms with van der Waals surface area (Å²) >= 11 is 0. The quantitative estimate of drug-likeness (QED) is 0.602. The standard InChI is InChI=1S/C4H8OSi.Pt/c1-2-4-6-5-3-1;/h1-4H2;/q;+2. The van der Waals surface area contributed by atoms with E-state index in [0.29, 0.717) is 0 Å². The fourth-order valence-electron chi connectivity index (χ4n) is 0.516. The van der Waals surface area contributed by atoms with E-state index in [9.17, 15) is 0 Å². The molecular formula is C4H8OPtSi+2. The summed E-state index contributed by atoms with van der Waals surface area (Å²) in [6.45, 7) is 1.01. The van der Waals surface area contributed by atoms with Gasteiger partial charge in [0.25, 0.3) is 0 Å². The third-order valence-electron chi connectivity index (χ3n) is 0.877. The maximum absolute atomic E-state index is 5.10. The van der Waals surface area contributed by atoms with Crippen molar-refractivity contribution in [1.29, 1.82) is 0 Å². The van der Waals surface area contributed by atoms with E-state index < -0.39 is 0 Å². The molecule has 42 valence electrons. The van der Waals surface area contributed by atoms with E-state index in [2.05, 4.69) is 0 Å². The van der Waals surface area contributed by atoms with Gasteiger partial charge in [0.2, 0.25) is 9.76 Å². The SMILES string of the molecule is C1CC[Si]OC1.[Pt+2]. The molecule has 0 spiro atoms. The first kappa shape index (κ1) is 7.87. The van der Waals surface area contributed by atoms with E-state index >= 15 is 0 Å². The van der Waals surface area contributed by atoms with Crippen molar-refractivity contribution < 1.29 is 25.5 Å². The van der Waals surface area contributed by atoms with Crippen LogP contribution in [0.15, 0.2) is 0 Å². The van der Waals surface area contributed by atoms with Crippen molar-refractivity contribution in [2.24, 2.45) is 0 Å². The van der Waals surface area contributed by atoms with Crippen molar-refractivity contribution in [3.05, 3.63) is 0 Å². The first-order valence-electron chi connectivity index (χ1n) is 2.35. The van der Waals surface area contributed by atoms with Gasteiger partial charge < -0.3 is 4.43 Å². The molecule has 0 N–H and O–H groups in total. The molecule has 1 rings (SSSR count). The summed E-state index contributed by atoms with van der Waals surface area (Å²) in [6.07, 6.45) is 2.67. The van der Waals surface area contributed by atoms with Crippen LogP contribution in [-0.2, 0) is 25.5 Å². The molecule has 1 aliphatic heterocycles. The molecule has 0 bridgehead atoms. The van der Waals surface area contributed by atoms with E-state index in [1.165, 1.54) is 18.9 Å². The van der Waals surface area contributed by atoms with E-state index in [1.54, 1.807) is 0 Å². The minimum absolute atomic E-state index is 0. The molecule has 3 heteroatoms. The molecule has 1 heterocycles. The summed E-state index contributed by atoms with van der Waals surface area (Å²) < 4.78 is 5.10. The predicted octanol–water partition coefficient (Wildman–Crippen LogP) is 0.832. The second-order valence-corrected chi connectivity index (χ2v) is 2.53. The monoisotopic (exact) mass is 295 g/mol. The average Bonchev–Trinajstić information content (AvgIpc) is 1.72. The molecule has 0 amide bonds. The molecule has 1 saturated heterocycles. The predicted molar refractivity (Wildman–Crippen MR) is 25.7 cm³/mol. The Kier molecular flexibility index (Phi) is 5.63. The Morgan fingerprint density at radius 3 is 2.29 bits per heavy atom. The van der Waals surface area contributed by atoms with Gasteiger partial charge in [-0.15, -0.1) is 0 Å². The van der Waals surface area contributed by atoms with Gasteiger partial charge in [-0.1, -0.05) is 6.42 Å². The smallest absolute Gasteiger partial charge is 0.417 e. The van der Waals surface area contributed by atoms with Crippen LogP contribution in [0, 0.1) is 0 Å². The summed E-state index contributed by atoms with van der Waals surface area (Å²) in [6, 6.07) is 1.31. The van der Waals surface area contributed by atoms with Gasteiger partial charge in [-0.3, -0.25) is 0 Å². The first-order chi connectivity index (χ1) is 3.00. The second kappa shape index (κ2) is 5.01. The third kappa shape index (κ3) is 3.45. The van der Waals surface area contributed by atoms with Gasteiger partial charge in [0.1, 0.15) is 0 Å². The largest absolute Gasteiger partial charge is 2.00 e. The van der Waals surface area contributed by atoms with Gasteiger partial charge in [0.15, 0.2) is 0 Å². The normalized spacial score (nSPS) is 20.6. The summed E-state index contributed by atoms with van der Waals surface area (Å²) in [5.41, 5.74) is 0. The van der Waals surface area contributed by atoms with Crippen molar-refractivity contribution in [1.82, 2.24) is 0 Å². The van der Waals surface area contributed by atoms with Crippen molar-refractivity contribution >= 4 is 9.76 Å². The van der Waals surface area contributed by atoms with Crippen molar-refractivity contribution in [2.75, 3.05) is 6.61 Å². The van der Waals surface area contributed by atoms with Crippen LogP contribution in [0.5, 0.6) is 0 Å². The van der Waals surface area contributed by atoms with Gasteiger partial charge in [-0.2, -0.15) is 0 Å². The molecule has 0 unspecified atom stereocenters. The fourth-order valence-corrected chi connectivity index (χ4v) is 1.34. The van der Waals surface area contributed by atoms with Gasteiger partial charge in [-0.05, 0) is 12.5 Å².